The minimum atomic E-state index is 0.628. The fraction of sp³-hybridized carbons (Fsp3) is 0.258. The molecule has 0 bridgehead atoms. The summed E-state index contributed by atoms with van der Waals surface area (Å²) in [5, 5.41) is 11.3. The van der Waals surface area contributed by atoms with Gasteiger partial charge in [0.25, 0.3) is 0 Å². The first-order valence-corrected chi connectivity index (χ1v) is 12.8. The maximum absolute atomic E-state index is 4.83. The normalized spacial score (nSPS) is 14.9. The third-order valence-corrected chi connectivity index (χ3v) is 6.78. The number of hydrogen-bond acceptors (Lipinski definition) is 4. The molecule has 182 valence electrons. The highest BCUT2D eigenvalue weighted by molar-refractivity contribution is 5.76. The summed E-state index contributed by atoms with van der Waals surface area (Å²) < 4.78 is 1.96. The largest absolute Gasteiger partial charge is 0.372 e. The number of likely N-dealkylation sites (tertiary alicyclic amines) is 1. The highest BCUT2D eigenvalue weighted by atomic mass is 15.4. The highest BCUT2D eigenvalue weighted by Gasteiger charge is 2.19. The number of aryl methyl sites for hydroxylation is 1. The second kappa shape index (κ2) is 10.7. The maximum Gasteiger partial charge on any atom is 0.122 e. The van der Waals surface area contributed by atoms with Gasteiger partial charge in [-0.15, -0.1) is 5.10 Å². The van der Waals surface area contributed by atoms with E-state index in [0.717, 1.165) is 51.9 Å². The smallest absolute Gasteiger partial charge is 0.122 e. The molecule has 0 spiro atoms. The molecular formula is C31H33N5. The van der Waals surface area contributed by atoms with Crippen LogP contribution in [0, 0.1) is 6.92 Å². The summed E-state index contributed by atoms with van der Waals surface area (Å²) >= 11 is 0. The summed E-state index contributed by atoms with van der Waals surface area (Å²) in [7, 11) is 0. The van der Waals surface area contributed by atoms with E-state index in [0.29, 0.717) is 6.54 Å². The van der Waals surface area contributed by atoms with E-state index in [1.807, 2.05) is 48.0 Å². The van der Waals surface area contributed by atoms with Crippen LogP contribution in [0.1, 0.15) is 37.4 Å². The fourth-order valence-electron chi connectivity index (χ4n) is 4.85. The van der Waals surface area contributed by atoms with Crippen molar-refractivity contribution in [1.29, 1.82) is 0 Å². The van der Waals surface area contributed by atoms with Crippen LogP contribution in [-0.2, 0) is 6.54 Å². The summed E-state index contributed by atoms with van der Waals surface area (Å²) in [6.07, 6.45) is 8.28. The zero-order valence-corrected chi connectivity index (χ0v) is 21.2. The van der Waals surface area contributed by atoms with E-state index in [4.69, 9.17) is 4.98 Å². The summed E-state index contributed by atoms with van der Waals surface area (Å²) in [6.45, 7) is 11.3. The molecule has 1 aliphatic heterocycles. The Bertz CT molecular complexity index is 1480. The number of piperidine rings is 1. The van der Waals surface area contributed by atoms with Crippen LogP contribution in [0.5, 0.6) is 0 Å². The average molecular weight is 476 g/mol. The van der Waals surface area contributed by atoms with Crippen molar-refractivity contribution in [3.05, 3.63) is 100 Å². The minimum Gasteiger partial charge on any atom is -0.372 e. The Balaban J connectivity index is 1.61. The molecule has 3 heterocycles. The van der Waals surface area contributed by atoms with Gasteiger partial charge in [-0.1, -0.05) is 66.4 Å². The number of pyridine rings is 1. The molecule has 1 aliphatic rings. The average Bonchev–Trinajstić information content (AvgIpc) is 3.32. The Labute approximate surface area is 213 Å². The van der Waals surface area contributed by atoms with Crippen LogP contribution in [0.15, 0.2) is 78.5 Å². The molecule has 2 aromatic heterocycles. The quantitative estimate of drug-likeness (QED) is 0.396. The van der Waals surface area contributed by atoms with Crippen LogP contribution in [0.25, 0.3) is 35.3 Å². The topological polar surface area (TPSA) is 46.8 Å². The summed E-state index contributed by atoms with van der Waals surface area (Å²) in [5.41, 5.74) is 7.03. The molecule has 0 aliphatic carbocycles. The van der Waals surface area contributed by atoms with Gasteiger partial charge in [0.15, 0.2) is 0 Å². The van der Waals surface area contributed by atoms with Gasteiger partial charge in [0, 0.05) is 30.0 Å². The summed E-state index contributed by atoms with van der Waals surface area (Å²) in [4.78, 5) is 7.31. The molecule has 5 rings (SSSR count). The lowest BCUT2D eigenvalue weighted by Crippen LogP contribution is -2.31. The van der Waals surface area contributed by atoms with Crippen molar-refractivity contribution < 1.29 is 0 Å². The van der Waals surface area contributed by atoms with Crippen molar-refractivity contribution >= 4 is 12.7 Å². The Hall–Kier alpha value is -3.99. The zero-order chi connectivity index (χ0) is 24.9. The first-order valence-electron chi connectivity index (χ1n) is 12.8. The van der Waals surface area contributed by atoms with E-state index in [1.165, 1.54) is 30.5 Å². The second-order valence-corrected chi connectivity index (χ2v) is 9.41. The molecule has 5 nitrogen and oxygen atoms in total. The van der Waals surface area contributed by atoms with E-state index < -0.39 is 0 Å². The van der Waals surface area contributed by atoms with Crippen LogP contribution < -0.4 is 10.4 Å². The number of allylic oxidation sites excluding steroid dienone is 2. The lowest BCUT2D eigenvalue weighted by atomic mass is 10.0. The van der Waals surface area contributed by atoms with Gasteiger partial charge < -0.3 is 4.90 Å². The summed E-state index contributed by atoms with van der Waals surface area (Å²) in [6, 6.07) is 22.8. The van der Waals surface area contributed by atoms with Gasteiger partial charge in [-0.2, -0.15) is 0 Å². The predicted octanol–water partition coefficient (Wildman–Crippen LogP) is 4.94. The number of aromatic nitrogens is 4. The van der Waals surface area contributed by atoms with Gasteiger partial charge in [0.05, 0.1) is 12.2 Å². The molecule has 5 heteroatoms. The Kier molecular flexibility index (Phi) is 7.08. The Morgan fingerprint density at radius 3 is 2.53 bits per heavy atom. The van der Waals surface area contributed by atoms with E-state index in [9.17, 15) is 0 Å². The first kappa shape index (κ1) is 23.7. The molecule has 0 unspecified atom stereocenters. The third kappa shape index (κ3) is 5.15. The number of nitrogens with zero attached hydrogens (tertiary/aromatic N) is 5. The van der Waals surface area contributed by atoms with Crippen molar-refractivity contribution in [1.82, 2.24) is 24.9 Å². The van der Waals surface area contributed by atoms with Gasteiger partial charge >= 0.3 is 0 Å². The van der Waals surface area contributed by atoms with E-state index in [2.05, 4.69) is 71.2 Å². The molecule has 0 N–H and O–H groups in total. The molecule has 0 saturated carbocycles. The van der Waals surface area contributed by atoms with Crippen LogP contribution in [0.4, 0.5) is 0 Å². The third-order valence-electron chi connectivity index (χ3n) is 6.78. The molecule has 1 fully saturated rings. The van der Waals surface area contributed by atoms with Crippen molar-refractivity contribution in [3.63, 3.8) is 0 Å². The van der Waals surface area contributed by atoms with Crippen molar-refractivity contribution in [2.24, 2.45) is 0 Å². The highest BCUT2D eigenvalue weighted by Crippen LogP contribution is 2.29. The van der Waals surface area contributed by atoms with Gasteiger partial charge in [-0.05, 0) is 73.4 Å². The van der Waals surface area contributed by atoms with Gasteiger partial charge in [-0.3, -0.25) is 4.98 Å². The predicted molar refractivity (Wildman–Crippen MR) is 147 cm³/mol. The SMILES string of the molecule is C=c1ccc(-c2nnn(Cc3ccccc3)c2-c2cccc(C)n2)c/c1=C/C(=CC)N1CCCCC1. The molecule has 0 atom stereocenters. The lowest BCUT2D eigenvalue weighted by molar-refractivity contribution is 0.296. The van der Waals surface area contributed by atoms with Crippen LogP contribution in [0.3, 0.4) is 0 Å². The minimum absolute atomic E-state index is 0.628. The number of rotatable bonds is 6. The number of hydrogen-bond donors (Lipinski definition) is 0. The van der Waals surface area contributed by atoms with Crippen molar-refractivity contribution in [3.8, 4) is 22.6 Å². The molecule has 4 aromatic rings. The lowest BCUT2D eigenvalue weighted by Gasteiger charge is -2.29. The first-order chi connectivity index (χ1) is 17.6. The van der Waals surface area contributed by atoms with Crippen molar-refractivity contribution in [2.45, 2.75) is 39.7 Å². The van der Waals surface area contributed by atoms with Gasteiger partial charge in [0.1, 0.15) is 11.4 Å². The number of benzene rings is 2. The Morgan fingerprint density at radius 1 is 0.972 bits per heavy atom. The van der Waals surface area contributed by atoms with Gasteiger partial charge in [-0.25, -0.2) is 4.68 Å². The monoisotopic (exact) mass is 475 g/mol. The standard InChI is InChI=1S/C31H33N5/c1-4-28(35-18-9-6-10-19-35)21-27-20-26(17-16-23(27)2)30-31(29-15-11-12-24(3)32-29)36(34-33-30)22-25-13-7-5-8-14-25/h4-5,7-8,11-17,20-21H,2,6,9-10,18-19,22H2,1,3H3/b27-21-,28-4?. The van der Waals surface area contributed by atoms with E-state index in [-0.39, 0.29) is 0 Å². The maximum atomic E-state index is 4.83. The molecule has 0 amide bonds. The molecule has 36 heavy (non-hydrogen) atoms. The fourth-order valence-corrected chi connectivity index (χ4v) is 4.85. The molecule has 2 aromatic carbocycles. The zero-order valence-electron chi connectivity index (χ0n) is 21.2. The Morgan fingerprint density at radius 2 is 1.78 bits per heavy atom. The second-order valence-electron chi connectivity index (χ2n) is 9.41. The van der Waals surface area contributed by atoms with Gasteiger partial charge in [0.2, 0.25) is 0 Å². The molecule has 0 radical (unpaired) electrons. The van der Waals surface area contributed by atoms with E-state index in [1.54, 1.807) is 0 Å². The molecule has 1 saturated heterocycles. The van der Waals surface area contributed by atoms with Crippen LogP contribution in [0.2, 0.25) is 0 Å². The van der Waals surface area contributed by atoms with Crippen molar-refractivity contribution in [2.75, 3.05) is 13.1 Å². The summed E-state index contributed by atoms with van der Waals surface area (Å²) in [5.74, 6) is 0. The molecular weight excluding hydrogens is 442 g/mol. The van der Waals surface area contributed by atoms with Crippen LogP contribution >= 0.6 is 0 Å². The van der Waals surface area contributed by atoms with E-state index >= 15 is 0 Å². The van der Waals surface area contributed by atoms with Crippen LogP contribution in [-0.4, -0.2) is 38.0 Å².